The highest BCUT2D eigenvalue weighted by atomic mass is 32.1. The molecule has 3 atom stereocenters. The first kappa shape index (κ1) is 17.1. The van der Waals surface area contributed by atoms with Crippen LogP contribution in [0.4, 0.5) is 5.82 Å². The molecule has 0 aromatic carbocycles. The second kappa shape index (κ2) is 6.53. The number of aromatic nitrogens is 4. The summed E-state index contributed by atoms with van der Waals surface area (Å²) in [6, 6.07) is 0.169. The van der Waals surface area contributed by atoms with Crippen molar-refractivity contribution in [1.82, 2.24) is 19.5 Å². The molecule has 0 radical (unpaired) electrons. The third kappa shape index (κ3) is 2.65. The number of hydrogen-bond acceptors (Lipinski definition) is 7. The molecule has 1 aliphatic heterocycles. The van der Waals surface area contributed by atoms with Gasteiger partial charge in [-0.25, -0.2) is 15.0 Å². The van der Waals surface area contributed by atoms with E-state index in [4.69, 9.17) is 9.72 Å². The number of nitrogens with zero attached hydrogens (tertiary/aromatic N) is 5. The number of fused-ring (bicyclic) bond motifs is 4. The van der Waals surface area contributed by atoms with E-state index in [1.54, 1.807) is 12.7 Å². The molecule has 3 aromatic rings. The minimum atomic E-state index is 0.0366. The zero-order valence-electron chi connectivity index (χ0n) is 15.6. The van der Waals surface area contributed by atoms with Crippen molar-refractivity contribution in [2.45, 2.75) is 44.8 Å². The molecule has 1 saturated heterocycles. The number of ether oxygens (including phenoxy) is 1. The first-order valence-electron chi connectivity index (χ1n) is 9.64. The summed E-state index contributed by atoms with van der Waals surface area (Å²) in [5.74, 6) is 1.50. The van der Waals surface area contributed by atoms with E-state index in [0.717, 1.165) is 60.4 Å². The Balaban J connectivity index is 1.62. The maximum atomic E-state index is 13.3. The Bertz CT molecular complexity index is 1060. The topological polar surface area (TPSA) is 73.1 Å². The fourth-order valence-electron chi connectivity index (χ4n) is 4.49. The predicted octanol–water partition coefficient (Wildman–Crippen LogP) is 2.99. The summed E-state index contributed by atoms with van der Waals surface area (Å²) < 4.78 is 8.38. The van der Waals surface area contributed by atoms with Crippen LogP contribution in [0, 0.1) is 5.92 Å². The van der Waals surface area contributed by atoms with E-state index in [-0.39, 0.29) is 11.6 Å². The van der Waals surface area contributed by atoms with E-state index in [1.165, 1.54) is 11.3 Å². The third-order valence-corrected chi connectivity index (χ3v) is 7.21. The molecule has 3 aromatic heterocycles. The van der Waals surface area contributed by atoms with Crippen LogP contribution < -0.4 is 10.5 Å². The monoisotopic (exact) mass is 385 g/mol. The van der Waals surface area contributed by atoms with Crippen molar-refractivity contribution < 1.29 is 4.74 Å². The molecule has 1 saturated carbocycles. The van der Waals surface area contributed by atoms with Gasteiger partial charge in [0.25, 0.3) is 5.56 Å². The highest BCUT2D eigenvalue weighted by Crippen LogP contribution is 2.39. The highest BCUT2D eigenvalue weighted by Gasteiger charge is 2.36. The fraction of sp³-hybridized carbons (Fsp3) is 0.579. The molecule has 0 amide bonds. The first-order chi connectivity index (χ1) is 13.2. The van der Waals surface area contributed by atoms with Crippen molar-refractivity contribution in [2.24, 2.45) is 5.92 Å². The van der Waals surface area contributed by atoms with Gasteiger partial charge in [0.2, 0.25) is 0 Å². The molecule has 0 bridgehead atoms. The van der Waals surface area contributed by atoms with Crippen LogP contribution in [0.25, 0.3) is 20.4 Å². The number of rotatable bonds is 3. The SMILES string of the molecule is CCN(C)c1ncnc2sc3c(=O)n(C4CCC5CCOC5C4)cnc3c12. The Kier molecular flexibility index (Phi) is 4.12. The molecule has 3 unspecified atom stereocenters. The van der Waals surface area contributed by atoms with Gasteiger partial charge in [-0.1, -0.05) is 0 Å². The lowest BCUT2D eigenvalue weighted by Gasteiger charge is -2.31. The van der Waals surface area contributed by atoms with E-state index in [9.17, 15) is 4.79 Å². The highest BCUT2D eigenvalue weighted by molar-refractivity contribution is 7.25. The zero-order valence-corrected chi connectivity index (χ0v) is 16.4. The average Bonchev–Trinajstić information content (AvgIpc) is 3.31. The van der Waals surface area contributed by atoms with Gasteiger partial charge in [-0.3, -0.25) is 9.36 Å². The largest absolute Gasteiger partial charge is 0.378 e. The lowest BCUT2D eigenvalue weighted by molar-refractivity contribution is 0.0476. The summed E-state index contributed by atoms with van der Waals surface area (Å²) in [5, 5.41) is 0.883. The summed E-state index contributed by atoms with van der Waals surface area (Å²) in [6.45, 7) is 3.76. The van der Waals surface area contributed by atoms with Crippen LogP contribution in [0.3, 0.4) is 0 Å². The van der Waals surface area contributed by atoms with Crippen LogP contribution in [0.5, 0.6) is 0 Å². The van der Waals surface area contributed by atoms with Crippen LogP contribution in [-0.2, 0) is 4.74 Å². The Morgan fingerprint density at radius 3 is 3.04 bits per heavy atom. The minimum absolute atomic E-state index is 0.0366. The van der Waals surface area contributed by atoms with Crippen LogP contribution in [0.2, 0.25) is 0 Å². The summed E-state index contributed by atoms with van der Waals surface area (Å²) in [4.78, 5) is 29.7. The fourth-order valence-corrected chi connectivity index (χ4v) is 5.52. The maximum absolute atomic E-state index is 13.3. The molecule has 7 nitrogen and oxygen atoms in total. The third-order valence-electron chi connectivity index (χ3n) is 6.13. The van der Waals surface area contributed by atoms with Gasteiger partial charge in [-0.2, -0.15) is 0 Å². The quantitative estimate of drug-likeness (QED) is 0.690. The predicted molar refractivity (Wildman–Crippen MR) is 107 cm³/mol. The van der Waals surface area contributed by atoms with Gasteiger partial charge in [0.05, 0.1) is 17.8 Å². The molecule has 1 aliphatic carbocycles. The van der Waals surface area contributed by atoms with Crippen molar-refractivity contribution in [2.75, 3.05) is 25.1 Å². The summed E-state index contributed by atoms with van der Waals surface area (Å²) in [6.07, 6.45) is 7.80. The summed E-state index contributed by atoms with van der Waals surface area (Å²) in [5.41, 5.74) is 0.757. The summed E-state index contributed by atoms with van der Waals surface area (Å²) in [7, 11) is 1.99. The standard InChI is InChI=1S/C19H23N5O2S/c1-3-23(2)17-14-15-16(27-18(14)21-9-20-17)19(25)24(10-22-15)12-5-4-11-6-7-26-13(11)8-12/h9-13H,3-8H2,1-2H3. The lowest BCUT2D eigenvalue weighted by atomic mass is 9.83. The average molecular weight is 385 g/mol. The van der Waals surface area contributed by atoms with Crippen molar-refractivity contribution in [1.29, 1.82) is 0 Å². The lowest BCUT2D eigenvalue weighted by Crippen LogP contribution is -2.33. The van der Waals surface area contributed by atoms with Crippen molar-refractivity contribution in [3.05, 3.63) is 23.0 Å². The number of hydrogen-bond donors (Lipinski definition) is 0. The molecule has 5 rings (SSSR count). The zero-order chi connectivity index (χ0) is 18.5. The molecule has 0 N–H and O–H groups in total. The van der Waals surface area contributed by atoms with Crippen LogP contribution in [0.15, 0.2) is 17.4 Å². The molecule has 8 heteroatoms. The molecule has 142 valence electrons. The van der Waals surface area contributed by atoms with Crippen molar-refractivity contribution in [3.8, 4) is 0 Å². The van der Waals surface area contributed by atoms with Gasteiger partial charge in [0.15, 0.2) is 0 Å². The maximum Gasteiger partial charge on any atom is 0.271 e. The van der Waals surface area contributed by atoms with E-state index < -0.39 is 0 Å². The Hall–Kier alpha value is -2.06. The van der Waals surface area contributed by atoms with Gasteiger partial charge < -0.3 is 9.64 Å². The Morgan fingerprint density at radius 2 is 2.19 bits per heavy atom. The minimum Gasteiger partial charge on any atom is -0.378 e. The Morgan fingerprint density at radius 1 is 1.30 bits per heavy atom. The molecule has 2 fully saturated rings. The normalized spacial score (nSPS) is 25.2. The second-order valence-electron chi connectivity index (χ2n) is 7.55. The molecule has 27 heavy (non-hydrogen) atoms. The van der Waals surface area contributed by atoms with Crippen LogP contribution in [0.1, 0.15) is 38.6 Å². The van der Waals surface area contributed by atoms with Crippen molar-refractivity contribution in [3.63, 3.8) is 0 Å². The molecular weight excluding hydrogens is 362 g/mol. The van der Waals surface area contributed by atoms with Gasteiger partial charge in [-0.15, -0.1) is 11.3 Å². The van der Waals surface area contributed by atoms with E-state index in [2.05, 4.69) is 21.8 Å². The number of anilines is 1. The smallest absolute Gasteiger partial charge is 0.271 e. The first-order valence-corrected chi connectivity index (χ1v) is 10.5. The van der Waals surface area contributed by atoms with Gasteiger partial charge >= 0.3 is 0 Å². The van der Waals surface area contributed by atoms with Crippen molar-refractivity contribution >= 4 is 37.6 Å². The second-order valence-corrected chi connectivity index (χ2v) is 8.55. The van der Waals surface area contributed by atoms with Gasteiger partial charge in [0.1, 0.15) is 27.2 Å². The van der Waals surface area contributed by atoms with Crippen LogP contribution >= 0.6 is 11.3 Å². The molecular formula is C19H23N5O2S. The molecule has 4 heterocycles. The van der Waals surface area contributed by atoms with Crippen LogP contribution in [-0.4, -0.2) is 45.8 Å². The number of thiophene rings is 1. The molecule has 2 aliphatic rings. The van der Waals surface area contributed by atoms with E-state index in [0.29, 0.717) is 16.7 Å². The van der Waals surface area contributed by atoms with E-state index in [1.807, 2.05) is 11.6 Å². The van der Waals surface area contributed by atoms with E-state index >= 15 is 0 Å². The summed E-state index contributed by atoms with van der Waals surface area (Å²) >= 11 is 1.42. The van der Waals surface area contributed by atoms with Gasteiger partial charge in [-0.05, 0) is 38.5 Å². The Labute approximate surface area is 161 Å². The van der Waals surface area contributed by atoms with Gasteiger partial charge in [0, 0.05) is 26.2 Å². The molecule has 0 spiro atoms.